The minimum atomic E-state index is -0.0954. The summed E-state index contributed by atoms with van der Waals surface area (Å²) in [6, 6.07) is 24.8. The summed E-state index contributed by atoms with van der Waals surface area (Å²) in [7, 11) is 0. The summed E-state index contributed by atoms with van der Waals surface area (Å²) < 4.78 is 0. The molecule has 99 valence electrons. The van der Waals surface area contributed by atoms with Gasteiger partial charge in [0.2, 0.25) is 0 Å². The third-order valence-electron chi connectivity index (χ3n) is 3.84. The Hall–Kier alpha value is -2.12. The standard InChI is InChI=1S/C19H18N/c1-14(19(20)16-9-3-2-4-10-16)17-13-7-11-15-8-5-6-12-18(15)17/h2-14,19H,1,20H2. The first-order chi connectivity index (χ1) is 9.77. The minimum Gasteiger partial charge on any atom is -0.323 e. The van der Waals surface area contributed by atoms with Crippen molar-refractivity contribution in [1.29, 1.82) is 0 Å². The van der Waals surface area contributed by atoms with Crippen LogP contribution >= 0.6 is 0 Å². The van der Waals surface area contributed by atoms with Crippen LogP contribution < -0.4 is 5.73 Å². The van der Waals surface area contributed by atoms with Crippen LogP contribution in [0, 0.1) is 6.92 Å². The van der Waals surface area contributed by atoms with E-state index < -0.39 is 0 Å². The number of fused-ring (bicyclic) bond motifs is 1. The Kier molecular flexibility index (Phi) is 3.53. The average molecular weight is 260 g/mol. The van der Waals surface area contributed by atoms with Crippen LogP contribution in [-0.2, 0) is 0 Å². The van der Waals surface area contributed by atoms with Gasteiger partial charge in [0.1, 0.15) is 0 Å². The molecule has 2 atom stereocenters. The highest BCUT2D eigenvalue weighted by atomic mass is 14.6. The van der Waals surface area contributed by atoms with Gasteiger partial charge in [-0.3, -0.25) is 0 Å². The number of nitrogens with two attached hydrogens (primary N) is 1. The number of hydrogen-bond donors (Lipinski definition) is 1. The maximum absolute atomic E-state index is 6.40. The van der Waals surface area contributed by atoms with E-state index in [-0.39, 0.29) is 12.0 Å². The van der Waals surface area contributed by atoms with Gasteiger partial charge in [-0.25, -0.2) is 0 Å². The topological polar surface area (TPSA) is 26.0 Å². The van der Waals surface area contributed by atoms with Crippen LogP contribution in [-0.4, -0.2) is 0 Å². The summed E-state index contributed by atoms with van der Waals surface area (Å²) in [4.78, 5) is 0. The molecule has 2 unspecified atom stereocenters. The van der Waals surface area contributed by atoms with E-state index in [9.17, 15) is 0 Å². The maximum Gasteiger partial charge on any atom is 0.0364 e. The maximum atomic E-state index is 6.40. The Morgan fingerprint density at radius 2 is 1.40 bits per heavy atom. The smallest absolute Gasteiger partial charge is 0.0364 e. The van der Waals surface area contributed by atoms with Gasteiger partial charge in [-0.05, 0) is 28.8 Å². The fourth-order valence-corrected chi connectivity index (χ4v) is 2.67. The Labute approximate surface area is 120 Å². The summed E-state index contributed by atoms with van der Waals surface area (Å²) >= 11 is 0. The molecule has 3 aromatic carbocycles. The number of rotatable bonds is 3. The minimum absolute atomic E-state index is 0.0310. The number of hydrogen-bond acceptors (Lipinski definition) is 1. The van der Waals surface area contributed by atoms with Crippen molar-refractivity contribution in [3.8, 4) is 0 Å². The quantitative estimate of drug-likeness (QED) is 0.739. The van der Waals surface area contributed by atoms with Crippen molar-refractivity contribution in [3.63, 3.8) is 0 Å². The van der Waals surface area contributed by atoms with Gasteiger partial charge < -0.3 is 5.73 Å². The van der Waals surface area contributed by atoms with Gasteiger partial charge >= 0.3 is 0 Å². The van der Waals surface area contributed by atoms with E-state index in [1.54, 1.807) is 0 Å². The van der Waals surface area contributed by atoms with E-state index >= 15 is 0 Å². The zero-order chi connectivity index (χ0) is 13.9. The van der Waals surface area contributed by atoms with Gasteiger partial charge in [0.05, 0.1) is 0 Å². The Morgan fingerprint density at radius 3 is 2.20 bits per heavy atom. The highest BCUT2D eigenvalue weighted by Crippen LogP contribution is 2.32. The van der Waals surface area contributed by atoms with Crippen LogP contribution in [0.25, 0.3) is 10.8 Å². The van der Waals surface area contributed by atoms with Crippen molar-refractivity contribution >= 4 is 10.8 Å². The lowest BCUT2D eigenvalue weighted by molar-refractivity contribution is 0.647. The second-order valence-electron chi connectivity index (χ2n) is 5.11. The monoisotopic (exact) mass is 260 g/mol. The van der Waals surface area contributed by atoms with Crippen molar-refractivity contribution in [2.75, 3.05) is 0 Å². The lowest BCUT2D eigenvalue weighted by Crippen LogP contribution is -2.18. The van der Waals surface area contributed by atoms with E-state index in [2.05, 4.69) is 61.5 Å². The third kappa shape index (κ3) is 2.33. The largest absolute Gasteiger partial charge is 0.323 e. The van der Waals surface area contributed by atoms with Gasteiger partial charge in [0.15, 0.2) is 0 Å². The van der Waals surface area contributed by atoms with Crippen LogP contribution in [0.4, 0.5) is 0 Å². The zero-order valence-corrected chi connectivity index (χ0v) is 11.4. The van der Waals surface area contributed by atoms with Crippen molar-refractivity contribution in [2.24, 2.45) is 5.73 Å². The summed E-state index contributed by atoms with van der Waals surface area (Å²) in [6.07, 6.45) is 0. The fraction of sp³-hybridized carbons (Fsp3) is 0.105. The predicted octanol–water partition coefficient (Wildman–Crippen LogP) is 4.46. The average Bonchev–Trinajstić information content (AvgIpc) is 2.54. The second-order valence-corrected chi connectivity index (χ2v) is 5.11. The molecule has 3 rings (SSSR count). The molecular formula is C19H18N. The van der Waals surface area contributed by atoms with E-state index in [1.807, 2.05) is 18.2 Å². The molecule has 0 saturated heterocycles. The van der Waals surface area contributed by atoms with Crippen molar-refractivity contribution in [2.45, 2.75) is 12.0 Å². The summed E-state index contributed by atoms with van der Waals surface area (Å²) in [6.45, 7) is 4.31. The second kappa shape index (κ2) is 5.48. The predicted molar refractivity (Wildman–Crippen MR) is 85.4 cm³/mol. The van der Waals surface area contributed by atoms with Crippen LogP contribution in [0.15, 0.2) is 72.8 Å². The van der Waals surface area contributed by atoms with E-state index in [4.69, 9.17) is 5.73 Å². The van der Waals surface area contributed by atoms with E-state index in [0.717, 1.165) is 5.56 Å². The van der Waals surface area contributed by atoms with E-state index in [1.165, 1.54) is 16.3 Å². The third-order valence-corrected chi connectivity index (χ3v) is 3.84. The summed E-state index contributed by atoms with van der Waals surface area (Å²) in [5.74, 6) is 0.0310. The molecule has 0 aliphatic carbocycles. The molecule has 0 bridgehead atoms. The van der Waals surface area contributed by atoms with Crippen LogP contribution in [0.2, 0.25) is 0 Å². The molecule has 1 nitrogen and oxygen atoms in total. The summed E-state index contributed by atoms with van der Waals surface area (Å²) in [5.41, 5.74) is 8.73. The lowest BCUT2D eigenvalue weighted by atomic mass is 9.86. The molecular weight excluding hydrogens is 242 g/mol. The molecule has 0 saturated carbocycles. The van der Waals surface area contributed by atoms with Crippen LogP contribution in [0.3, 0.4) is 0 Å². The molecule has 0 spiro atoms. The first-order valence-electron chi connectivity index (χ1n) is 6.88. The van der Waals surface area contributed by atoms with Gasteiger partial charge in [-0.1, -0.05) is 72.8 Å². The van der Waals surface area contributed by atoms with Gasteiger partial charge in [0.25, 0.3) is 0 Å². The summed E-state index contributed by atoms with van der Waals surface area (Å²) in [5, 5.41) is 2.47. The highest BCUT2D eigenvalue weighted by molar-refractivity contribution is 5.86. The lowest BCUT2D eigenvalue weighted by Gasteiger charge is -2.22. The molecule has 0 amide bonds. The first kappa shape index (κ1) is 12.9. The van der Waals surface area contributed by atoms with Crippen LogP contribution in [0.1, 0.15) is 23.1 Å². The molecule has 0 aromatic heterocycles. The van der Waals surface area contributed by atoms with Gasteiger partial charge in [0, 0.05) is 12.0 Å². The van der Waals surface area contributed by atoms with E-state index in [0.29, 0.717) is 0 Å². The van der Waals surface area contributed by atoms with Crippen molar-refractivity contribution in [1.82, 2.24) is 0 Å². The molecule has 1 heteroatoms. The molecule has 0 aliphatic rings. The Balaban J connectivity index is 2.03. The molecule has 0 heterocycles. The van der Waals surface area contributed by atoms with Gasteiger partial charge in [-0.15, -0.1) is 0 Å². The Bertz CT molecular complexity index is 698. The van der Waals surface area contributed by atoms with Crippen molar-refractivity contribution in [3.05, 3.63) is 90.8 Å². The highest BCUT2D eigenvalue weighted by Gasteiger charge is 2.18. The zero-order valence-electron chi connectivity index (χ0n) is 11.4. The molecule has 0 aliphatic heterocycles. The normalized spacial score (nSPS) is 14.1. The Morgan fingerprint density at radius 1 is 0.750 bits per heavy atom. The first-order valence-corrected chi connectivity index (χ1v) is 6.88. The molecule has 2 N–H and O–H groups in total. The van der Waals surface area contributed by atoms with Crippen molar-refractivity contribution < 1.29 is 0 Å². The SMILES string of the molecule is [CH2]C(c1cccc2ccccc12)C(N)c1ccccc1. The molecule has 1 radical (unpaired) electrons. The fourth-order valence-electron chi connectivity index (χ4n) is 2.67. The molecule has 0 fully saturated rings. The number of benzene rings is 3. The molecule has 3 aromatic rings. The molecule has 20 heavy (non-hydrogen) atoms. The van der Waals surface area contributed by atoms with Crippen LogP contribution in [0.5, 0.6) is 0 Å². The van der Waals surface area contributed by atoms with Gasteiger partial charge in [-0.2, -0.15) is 0 Å².